The van der Waals surface area contributed by atoms with Crippen LogP contribution in [0.3, 0.4) is 0 Å². The lowest BCUT2D eigenvalue weighted by atomic mass is 9.78. The van der Waals surface area contributed by atoms with Crippen molar-refractivity contribution in [1.29, 1.82) is 0 Å². The largest absolute Gasteiger partial charge is 0.385 e. The number of piperidine rings is 1. The Morgan fingerprint density at radius 2 is 1.68 bits per heavy atom. The molecule has 1 saturated carbocycles. The molecule has 5 heteroatoms. The molecule has 1 saturated heterocycles. The molecule has 1 spiro atoms. The van der Waals surface area contributed by atoms with Crippen molar-refractivity contribution in [3.05, 3.63) is 0 Å². The number of hydrogen-bond acceptors (Lipinski definition) is 3. The van der Waals surface area contributed by atoms with Gasteiger partial charge >= 0.3 is 0 Å². The minimum Gasteiger partial charge on any atom is -0.385 e. The summed E-state index contributed by atoms with van der Waals surface area (Å²) < 4.78 is 31.2. The van der Waals surface area contributed by atoms with Gasteiger partial charge < -0.3 is 4.74 Å². The van der Waals surface area contributed by atoms with E-state index in [-0.39, 0.29) is 5.75 Å². The summed E-state index contributed by atoms with van der Waals surface area (Å²) in [6.07, 6.45) is 8.98. The molecule has 0 unspecified atom stereocenters. The van der Waals surface area contributed by atoms with Crippen LogP contribution in [-0.4, -0.2) is 45.3 Å². The van der Waals surface area contributed by atoms with E-state index < -0.39 is 10.0 Å². The van der Waals surface area contributed by atoms with Crippen LogP contribution in [-0.2, 0) is 14.8 Å². The van der Waals surface area contributed by atoms with Crippen LogP contribution in [0.5, 0.6) is 0 Å². The Hall–Kier alpha value is -0.130. The van der Waals surface area contributed by atoms with Gasteiger partial charge in [-0.3, -0.25) is 0 Å². The summed E-state index contributed by atoms with van der Waals surface area (Å²) in [5.74, 6) is 0.281. The minimum absolute atomic E-state index is 0.281. The van der Waals surface area contributed by atoms with Crippen molar-refractivity contribution >= 4 is 10.0 Å². The van der Waals surface area contributed by atoms with Gasteiger partial charge in [-0.25, -0.2) is 12.7 Å². The molecule has 0 radical (unpaired) electrons. The van der Waals surface area contributed by atoms with Crippen LogP contribution in [0.2, 0.25) is 0 Å². The highest BCUT2D eigenvalue weighted by molar-refractivity contribution is 7.89. The number of ether oxygens (including phenoxy) is 1. The summed E-state index contributed by atoms with van der Waals surface area (Å²) in [6, 6.07) is 0. The van der Waals surface area contributed by atoms with Crippen LogP contribution in [0.25, 0.3) is 0 Å². The molecule has 0 aromatic rings. The summed E-state index contributed by atoms with van der Waals surface area (Å²) in [6.45, 7) is 2.14. The molecule has 1 aliphatic heterocycles. The predicted octanol–water partition coefficient (Wildman–Crippen LogP) is 2.40. The molecule has 0 amide bonds. The van der Waals surface area contributed by atoms with Gasteiger partial charge in [0.2, 0.25) is 10.0 Å². The normalized spacial score (nSPS) is 24.1. The number of hydrogen-bond donors (Lipinski definition) is 0. The van der Waals surface area contributed by atoms with E-state index in [1.807, 2.05) is 0 Å². The minimum atomic E-state index is -3.03. The van der Waals surface area contributed by atoms with E-state index in [1.165, 1.54) is 25.7 Å². The summed E-state index contributed by atoms with van der Waals surface area (Å²) in [7, 11) is -1.38. The first kappa shape index (κ1) is 15.3. The van der Waals surface area contributed by atoms with Gasteiger partial charge in [0.1, 0.15) is 0 Å². The van der Waals surface area contributed by atoms with Gasteiger partial charge in [-0.2, -0.15) is 0 Å². The van der Waals surface area contributed by atoms with Crippen LogP contribution in [0.1, 0.15) is 51.4 Å². The van der Waals surface area contributed by atoms with Gasteiger partial charge in [-0.15, -0.1) is 0 Å². The molecule has 4 nitrogen and oxygen atoms in total. The van der Waals surface area contributed by atoms with Crippen molar-refractivity contribution in [3.63, 3.8) is 0 Å². The van der Waals surface area contributed by atoms with Crippen LogP contribution >= 0.6 is 0 Å². The Balaban J connectivity index is 1.79. The first-order valence-electron chi connectivity index (χ1n) is 7.55. The van der Waals surface area contributed by atoms with Crippen molar-refractivity contribution in [2.24, 2.45) is 5.41 Å². The third kappa shape index (κ3) is 3.92. The molecule has 0 N–H and O–H groups in total. The molecule has 2 rings (SSSR count). The zero-order valence-corrected chi connectivity index (χ0v) is 12.9. The van der Waals surface area contributed by atoms with E-state index in [0.29, 0.717) is 18.4 Å². The molecule has 1 heterocycles. The van der Waals surface area contributed by atoms with Crippen molar-refractivity contribution in [1.82, 2.24) is 4.31 Å². The van der Waals surface area contributed by atoms with Crippen molar-refractivity contribution in [2.75, 3.05) is 32.6 Å². The lowest BCUT2D eigenvalue weighted by Gasteiger charge is -2.38. The van der Waals surface area contributed by atoms with Gasteiger partial charge in [0.05, 0.1) is 5.75 Å². The zero-order chi connectivity index (χ0) is 13.8. The number of sulfonamides is 1. The van der Waals surface area contributed by atoms with E-state index in [9.17, 15) is 8.42 Å². The molecule has 0 aromatic heterocycles. The molecular weight excluding hydrogens is 262 g/mol. The fraction of sp³-hybridized carbons (Fsp3) is 1.00. The molecule has 0 bridgehead atoms. The summed E-state index contributed by atoms with van der Waals surface area (Å²) in [5.41, 5.74) is 0.488. The topological polar surface area (TPSA) is 46.6 Å². The van der Waals surface area contributed by atoms with E-state index in [0.717, 1.165) is 32.4 Å². The Kier molecular flexibility index (Phi) is 5.26. The number of methoxy groups -OCH3 is 1. The second-order valence-electron chi connectivity index (χ2n) is 6.12. The average Bonchev–Trinajstić information content (AvgIpc) is 2.84. The average molecular weight is 289 g/mol. The Morgan fingerprint density at radius 3 is 2.26 bits per heavy atom. The van der Waals surface area contributed by atoms with Crippen LogP contribution in [0.4, 0.5) is 0 Å². The van der Waals surface area contributed by atoms with E-state index in [4.69, 9.17) is 4.74 Å². The quantitative estimate of drug-likeness (QED) is 0.705. The third-order valence-electron chi connectivity index (χ3n) is 4.84. The maximum Gasteiger partial charge on any atom is 0.214 e. The van der Waals surface area contributed by atoms with Gasteiger partial charge in [-0.1, -0.05) is 12.8 Å². The zero-order valence-electron chi connectivity index (χ0n) is 12.1. The van der Waals surface area contributed by atoms with Crippen molar-refractivity contribution < 1.29 is 13.2 Å². The van der Waals surface area contributed by atoms with E-state index in [1.54, 1.807) is 11.4 Å². The molecule has 2 aliphatic rings. The van der Waals surface area contributed by atoms with Crippen LogP contribution in [0.15, 0.2) is 0 Å². The SMILES string of the molecule is COCCCCS(=O)(=O)N1CCC2(CCCC2)CC1. The molecule has 1 aliphatic carbocycles. The standard InChI is InChI=1S/C14H27NO3S/c1-18-12-4-5-13-19(16,17)15-10-8-14(9-11-15)6-2-3-7-14/h2-13H2,1H3. The highest BCUT2D eigenvalue weighted by Crippen LogP contribution is 2.46. The van der Waals surface area contributed by atoms with Gasteiger partial charge in [0.25, 0.3) is 0 Å². The number of rotatable bonds is 6. The van der Waals surface area contributed by atoms with Gasteiger partial charge in [0.15, 0.2) is 0 Å². The van der Waals surface area contributed by atoms with Gasteiger partial charge in [0, 0.05) is 26.8 Å². The second-order valence-corrected chi connectivity index (χ2v) is 8.21. The first-order valence-corrected chi connectivity index (χ1v) is 9.16. The highest BCUT2D eigenvalue weighted by Gasteiger charge is 2.39. The summed E-state index contributed by atoms with van der Waals surface area (Å²) in [5, 5.41) is 0. The van der Waals surface area contributed by atoms with E-state index in [2.05, 4.69) is 0 Å². The lowest BCUT2D eigenvalue weighted by Crippen LogP contribution is -2.43. The highest BCUT2D eigenvalue weighted by atomic mass is 32.2. The molecule has 0 atom stereocenters. The molecular formula is C14H27NO3S. The fourth-order valence-electron chi connectivity index (χ4n) is 3.52. The predicted molar refractivity (Wildman–Crippen MR) is 76.6 cm³/mol. The van der Waals surface area contributed by atoms with Gasteiger partial charge in [-0.05, 0) is 43.9 Å². The first-order chi connectivity index (χ1) is 9.08. The number of nitrogens with zero attached hydrogens (tertiary/aromatic N) is 1. The Labute approximate surface area is 117 Å². The number of unbranched alkanes of at least 4 members (excludes halogenated alkanes) is 1. The van der Waals surface area contributed by atoms with Crippen LogP contribution < -0.4 is 0 Å². The maximum atomic E-state index is 12.2. The third-order valence-corrected chi connectivity index (χ3v) is 6.80. The summed E-state index contributed by atoms with van der Waals surface area (Å²) >= 11 is 0. The molecule has 112 valence electrons. The molecule has 2 fully saturated rings. The van der Waals surface area contributed by atoms with Crippen molar-refractivity contribution in [2.45, 2.75) is 51.4 Å². The Bertz CT molecular complexity index is 364. The maximum absolute atomic E-state index is 12.2. The van der Waals surface area contributed by atoms with Crippen molar-refractivity contribution in [3.8, 4) is 0 Å². The van der Waals surface area contributed by atoms with Crippen LogP contribution in [0, 0.1) is 5.41 Å². The molecule has 19 heavy (non-hydrogen) atoms. The smallest absolute Gasteiger partial charge is 0.214 e. The van der Waals surface area contributed by atoms with E-state index >= 15 is 0 Å². The molecule has 0 aromatic carbocycles. The summed E-state index contributed by atoms with van der Waals surface area (Å²) in [4.78, 5) is 0. The Morgan fingerprint density at radius 1 is 1.05 bits per heavy atom. The lowest BCUT2D eigenvalue weighted by molar-refractivity contribution is 0.160. The monoisotopic (exact) mass is 289 g/mol. The fourth-order valence-corrected chi connectivity index (χ4v) is 5.09. The second kappa shape index (κ2) is 6.55.